The molecule has 0 saturated carbocycles. The van der Waals surface area contributed by atoms with E-state index in [0.29, 0.717) is 0 Å². The first kappa shape index (κ1) is 15.9. The van der Waals surface area contributed by atoms with Gasteiger partial charge in [0.15, 0.2) is 0 Å². The predicted molar refractivity (Wildman–Crippen MR) is 35.9 cm³/mol. The fourth-order valence-corrected chi connectivity index (χ4v) is 0.250. The van der Waals surface area contributed by atoms with Gasteiger partial charge in [0.1, 0.15) is 0 Å². The van der Waals surface area contributed by atoms with E-state index in [1.807, 2.05) is 0 Å². The van der Waals surface area contributed by atoms with E-state index in [4.69, 9.17) is 0 Å². The molecule has 0 aliphatic rings. The molecular formula is C7H16W. The first-order valence-corrected chi connectivity index (χ1v) is 2.91. The molecule has 0 aromatic carbocycles. The molecule has 0 atom stereocenters. The van der Waals surface area contributed by atoms with Gasteiger partial charge in [-0.3, -0.25) is 0 Å². The van der Waals surface area contributed by atoms with Crippen LogP contribution in [-0.2, 0) is 21.1 Å². The van der Waals surface area contributed by atoms with Crippen LogP contribution in [0.1, 0.15) is 33.1 Å². The molecule has 0 radical (unpaired) electrons. The minimum absolute atomic E-state index is 0. The Balaban J connectivity index is -0.0000000750. The molecule has 0 spiro atoms. The van der Waals surface area contributed by atoms with E-state index < -0.39 is 0 Å². The monoisotopic (exact) mass is 284 g/mol. The topological polar surface area (TPSA) is 0 Å². The third-order valence-electron chi connectivity index (χ3n) is 0.604. The first-order valence-electron chi connectivity index (χ1n) is 2.91. The van der Waals surface area contributed by atoms with Gasteiger partial charge in [0.25, 0.3) is 0 Å². The predicted octanol–water partition coefficient (Wildman–Crippen LogP) is 2.85. The summed E-state index contributed by atoms with van der Waals surface area (Å²) in [7, 11) is 0. The van der Waals surface area contributed by atoms with Crippen molar-refractivity contribution < 1.29 is 21.1 Å². The molecule has 0 rings (SSSR count). The molecule has 0 saturated heterocycles. The summed E-state index contributed by atoms with van der Waals surface area (Å²) in [4.78, 5) is 0. The van der Waals surface area contributed by atoms with Gasteiger partial charge in [-0.25, -0.2) is 0 Å². The number of unbranched alkanes of at least 4 members (excludes halogenated alkanes) is 2. The summed E-state index contributed by atoms with van der Waals surface area (Å²) in [6, 6.07) is 0. The summed E-state index contributed by atoms with van der Waals surface area (Å²) in [5.41, 5.74) is 0. The summed E-state index contributed by atoms with van der Waals surface area (Å²) in [5.74, 6) is 0. The second-order valence-corrected chi connectivity index (χ2v) is 1.21. The second kappa shape index (κ2) is 25.3. The molecule has 0 unspecified atom stereocenters. The zero-order valence-electron chi connectivity index (χ0n) is 5.94. The maximum Gasteiger partial charge on any atom is 2.00 e. The van der Waals surface area contributed by atoms with Crippen molar-refractivity contribution >= 4 is 0 Å². The van der Waals surface area contributed by atoms with Crippen molar-refractivity contribution in [3.63, 3.8) is 0 Å². The largest absolute Gasteiger partial charge is 2.00 e. The van der Waals surface area contributed by atoms with Crippen molar-refractivity contribution in [3.05, 3.63) is 13.8 Å². The minimum Gasteiger partial charge on any atom is -0.346 e. The van der Waals surface area contributed by atoms with Gasteiger partial charge in [-0.15, -0.1) is 0 Å². The average molecular weight is 284 g/mol. The Morgan fingerprint density at radius 1 is 1.25 bits per heavy atom. The molecule has 50 valence electrons. The van der Waals surface area contributed by atoms with E-state index in [2.05, 4.69) is 20.8 Å². The fourth-order valence-electron chi connectivity index (χ4n) is 0.250. The Labute approximate surface area is 68.3 Å². The van der Waals surface area contributed by atoms with Crippen LogP contribution in [0.5, 0.6) is 0 Å². The first-order chi connectivity index (χ1) is 3.41. The van der Waals surface area contributed by atoms with E-state index in [1.165, 1.54) is 12.8 Å². The smallest absolute Gasteiger partial charge is 0.346 e. The van der Waals surface area contributed by atoms with Crippen LogP contribution in [0.25, 0.3) is 0 Å². The standard InChI is InChI=1S/C5H11.C2H5.W/c1-3-5-4-2;1-2;/h1,3-5H2,2H3;1H2,2H3;/q2*-1;+2. The summed E-state index contributed by atoms with van der Waals surface area (Å²) in [6.45, 7) is 10.8. The molecule has 0 bridgehead atoms. The second-order valence-electron chi connectivity index (χ2n) is 1.21. The van der Waals surface area contributed by atoms with Crippen molar-refractivity contribution in [1.29, 1.82) is 0 Å². The fraction of sp³-hybridized carbons (Fsp3) is 0.714. The van der Waals surface area contributed by atoms with Crippen molar-refractivity contribution in [3.8, 4) is 0 Å². The zero-order valence-corrected chi connectivity index (χ0v) is 8.88. The van der Waals surface area contributed by atoms with Gasteiger partial charge in [-0.2, -0.15) is 13.3 Å². The number of hydrogen-bond acceptors (Lipinski definition) is 0. The van der Waals surface area contributed by atoms with E-state index >= 15 is 0 Å². The summed E-state index contributed by atoms with van der Waals surface area (Å²) in [6.07, 6.45) is 3.65. The van der Waals surface area contributed by atoms with E-state index in [1.54, 1.807) is 6.92 Å². The van der Waals surface area contributed by atoms with Crippen molar-refractivity contribution in [2.45, 2.75) is 33.1 Å². The average Bonchev–Trinajstić information content (AvgIpc) is 1.75. The molecule has 0 N–H and O–H groups in total. The van der Waals surface area contributed by atoms with Gasteiger partial charge in [0.2, 0.25) is 0 Å². The number of hydrogen-bond donors (Lipinski definition) is 0. The normalized spacial score (nSPS) is 6.00. The summed E-state index contributed by atoms with van der Waals surface area (Å²) in [5, 5.41) is 0. The summed E-state index contributed by atoms with van der Waals surface area (Å²) >= 11 is 0. The molecule has 8 heavy (non-hydrogen) atoms. The van der Waals surface area contributed by atoms with Crippen LogP contribution in [0.4, 0.5) is 0 Å². The molecule has 0 amide bonds. The van der Waals surface area contributed by atoms with Gasteiger partial charge in [-0.05, 0) is 0 Å². The number of rotatable bonds is 2. The van der Waals surface area contributed by atoms with Crippen molar-refractivity contribution in [1.82, 2.24) is 0 Å². The van der Waals surface area contributed by atoms with Gasteiger partial charge in [0.05, 0.1) is 0 Å². The minimum atomic E-state index is 0. The Morgan fingerprint density at radius 2 is 1.62 bits per heavy atom. The Morgan fingerprint density at radius 3 is 1.62 bits per heavy atom. The molecule has 0 aromatic rings. The van der Waals surface area contributed by atoms with E-state index in [9.17, 15) is 0 Å². The third-order valence-corrected chi connectivity index (χ3v) is 0.604. The van der Waals surface area contributed by atoms with E-state index in [0.717, 1.165) is 6.42 Å². The molecule has 0 aliphatic heterocycles. The van der Waals surface area contributed by atoms with Gasteiger partial charge < -0.3 is 13.8 Å². The Kier molecular flexibility index (Phi) is 50.2. The quantitative estimate of drug-likeness (QED) is 0.684. The van der Waals surface area contributed by atoms with Crippen LogP contribution in [0.2, 0.25) is 0 Å². The van der Waals surface area contributed by atoms with Crippen LogP contribution >= 0.6 is 0 Å². The maximum absolute atomic E-state index is 3.68. The van der Waals surface area contributed by atoms with Crippen LogP contribution in [0.15, 0.2) is 0 Å². The maximum atomic E-state index is 3.68. The van der Waals surface area contributed by atoms with Crippen LogP contribution in [-0.4, -0.2) is 0 Å². The SMILES string of the molecule is [CH2-]C.[CH2-]CCCC.[W+2]. The van der Waals surface area contributed by atoms with Crippen LogP contribution < -0.4 is 0 Å². The Hall–Kier alpha value is 0.688. The zero-order chi connectivity index (χ0) is 6.12. The molecular weight excluding hydrogens is 268 g/mol. The van der Waals surface area contributed by atoms with Gasteiger partial charge in [0, 0.05) is 0 Å². The van der Waals surface area contributed by atoms with Crippen LogP contribution in [0, 0.1) is 13.8 Å². The summed E-state index contributed by atoms with van der Waals surface area (Å²) < 4.78 is 0. The molecule has 0 heterocycles. The van der Waals surface area contributed by atoms with E-state index in [-0.39, 0.29) is 21.1 Å². The van der Waals surface area contributed by atoms with Crippen molar-refractivity contribution in [2.24, 2.45) is 0 Å². The molecule has 0 nitrogen and oxygen atoms in total. The van der Waals surface area contributed by atoms with Gasteiger partial charge in [-0.1, -0.05) is 19.8 Å². The molecule has 0 aromatic heterocycles. The molecule has 1 heteroatoms. The van der Waals surface area contributed by atoms with Gasteiger partial charge >= 0.3 is 21.1 Å². The van der Waals surface area contributed by atoms with Crippen LogP contribution in [0.3, 0.4) is 0 Å². The molecule has 0 fully saturated rings. The molecule has 0 aliphatic carbocycles. The van der Waals surface area contributed by atoms with Crippen molar-refractivity contribution in [2.75, 3.05) is 0 Å². The third kappa shape index (κ3) is 29.9. The Bertz CT molecular complexity index is 11.9.